The highest BCUT2D eigenvalue weighted by molar-refractivity contribution is 14.0. The van der Waals surface area contributed by atoms with Crippen LogP contribution in [0.15, 0.2) is 23.2 Å². The van der Waals surface area contributed by atoms with Gasteiger partial charge in [0.2, 0.25) is 0 Å². The second-order valence-corrected chi connectivity index (χ2v) is 6.93. The third-order valence-electron chi connectivity index (χ3n) is 4.85. The van der Waals surface area contributed by atoms with Crippen molar-refractivity contribution in [3.63, 3.8) is 0 Å². The number of nitrogens with one attached hydrogen (secondary N) is 1. The Kier molecular flexibility index (Phi) is 13.0. The second kappa shape index (κ2) is 14.7. The Bertz CT molecular complexity index is 610. The average Bonchev–Trinajstić information content (AvgIpc) is 2.73. The molecule has 0 spiro atoms. The molecule has 0 saturated carbocycles. The predicted molar refractivity (Wildman–Crippen MR) is 129 cm³/mol. The van der Waals surface area contributed by atoms with Crippen molar-refractivity contribution in [2.24, 2.45) is 4.99 Å². The zero-order valence-electron chi connectivity index (χ0n) is 18.3. The number of unbranched alkanes of at least 4 members (excludes halogenated alkanes) is 1. The van der Waals surface area contributed by atoms with E-state index in [1.165, 1.54) is 6.42 Å². The number of guanidine groups is 1. The summed E-state index contributed by atoms with van der Waals surface area (Å²) in [5, 5.41) is 3.39. The predicted octanol–water partition coefficient (Wildman–Crippen LogP) is 2.83. The Morgan fingerprint density at radius 1 is 1.21 bits per heavy atom. The molecule has 0 atom stereocenters. The summed E-state index contributed by atoms with van der Waals surface area (Å²) >= 11 is 0. The van der Waals surface area contributed by atoms with Gasteiger partial charge in [0.05, 0.1) is 27.4 Å². The minimum absolute atomic E-state index is 0. The maximum absolute atomic E-state index is 5.52. The van der Waals surface area contributed by atoms with E-state index in [0.717, 1.165) is 75.4 Å². The average molecular weight is 520 g/mol. The molecule has 1 aromatic rings. The van der Waals surface area contributed by atoms with E-state index < -0.39 is 0 Å². The van der Waals surface area contributed by atoms with Gasteiger partial charge in [-0.05, 0) is 38.4 Å². The van der Waals surface area contributed by atoms with Gasteiger partial charge >= 0.3 is 0 Å². The molecule has 1 fully saturated rings. The number of morpholine rings is 1. The van der Waals surface area contributed by atoms with Crippen molar-refractivity contribution < 1.29 is 14.2 Å². The van der Waals surface area contributed by atoms with E-state index in [2.05, 4.69) is 29.1 Å². The van der Waals surface area contributed by atoms with Gasteiger partial charge in [-0.1, -0.05) is 0 Å². The molecule has 0 radical (unpaired) electrons. The van der Waals surface area contributed by atoms with Crippen LogP contribution in [-0.4, -0.2) is 83.0 Å². The van der Waals surface area contributed by atoms with Crippen molar-refractivity contribution in [3.8, 4) is 11.5 Å². The first-order valence-corrected chi connectivity index (χ1v) is 10.2. The molecule has 7 nitrogen and oxygen atoms in total. The molecule has 0 aliphatic carbocycles. The van der Waals surface area contributed by atoms with Crippen molar-refractivity contribution in [1.82, 2.24) is 15.1 Å². The summed E-state index contributed by atoms with van der Waals surface area (Å²) in [6.07, 6.45) is 2.25. The first-order chi connectivity index (χ1) is 13.7. The van der Waals surface area contributed by atoms with Crippen LogP contribution >= 0.6 is 24.0 Å². The molecular weight excluding hydrogens is 483 g/mol. The van der Waals surface area contributed by atoms with E-state index >= 15 is 0 Å². The summed E-state index contributed by atoms with van der Waals surface area (Å²) in [7, 11) is 5.40. The molecule has 29 heavy (non-hydrogen) atoms. The minimum Gasteiger partial charge on any atom is -0.497 e. The summed E-state index contributed by atoms with van der Waals surface area (Å²) in [6.45, 7) is 9.45. The number of rotatable bonds is 10. The summed E-state index contributed by atoms with van der Waals surface area (Å²) < 4.78 is 16.2. The van der Waals surface area contributed by atoms with Crippen LogP contribution < -0.4 is 14.8 Å². The van der Waals surface area contributed by atoms with Crippen LogP contribution in [0.3, 0.4) is 0 Å². The monoisotopic (exact) mass is 520 g/mol. The maximum Gasteiger partial charge on any atom is 0.193 e. The lowest BCUT2D eigenvalue weighted by atomic mass is 10.2. The standard InChI is InChI=1S/C21H36N4O3.HI/c1-5-22-21(23-10-6-7-11-25-12-14-28-15-13-25)24(2)17-18-8-9-19(26-3)16-20(18)27-4;/h8-9,16H,5-7,10-15,17H2,1-4H3,(H,22,23);1H. The molecule has 2 rings (SSSR count). The molecule has 0 bridgehead atoms. The van der Waals surface area contributed by atoms with Gasteiger partial charge in [0.1, 0.15) is 11.5 Å². The van der Waals surface area contributed by atoms with Crippen LogP contribution in [0.25, 0.3) is 0 Å². The number of methoxy groups -OCH3 is 2. The molecule has 1 heterocycles. The van der Waals surface area contributed by atoms with Crippen molar-refractivity contribution in [1.29, 1.82) is 0 Å². The van der Waals surface area contributed by atoms with E-state index in [9.17, 15) is 0 Å². The first-order valence-electron chi connectivity index (χ1n) is 10.2. The molecule has 1 N–H and O–H groups in total. The van der Waals surface area contributed by atoms with Gasteiger partial charge in [0.15, 0.2) is 5.96 Å². The molecule has 1 aliphatic heterocycles. The molecule has 166 valence electrons. The molecule has 8 heteroatoms. The Balaban J connectivity index is 0.00000420. The lowest BCUT2D eigenvalue weighted by molar-refractivity contribution is 0.0373. The van der Waals surface area contributed by atoms with E-state index in [0.29, 0.717) is 6.54 Å². The Hall–Kier alpha value is -1.26. The molecular formula is C21H37IN4O3. The number of halogens is 1. The van der Waals surface area contributed by atoms with Crippen molar-refractivity contribution in [2.45, 2.75) is 26.3 Å². The molecule has 0 amide bonds. The molecule has 0 aromatic heterocycles. The lowest BCUT2D eigenvalue weighted by Gasteiger charge is -2.26. The van der Waals surface area contributed by atoms with Crippen molar-refractivity contribution >= 4 is 29.9 Å². The van der Waals surface area contributed by atoms with Crippen LogP contribution in [0.1, 0.15) is 25.3 Å². The van der Waals surface area contributed by atoms with Gasteiger partial charge in [-0.25, -0.2) is 0 Å². The molecule has 1 aromatic carbocycles. The van der Waals surface area contributed by atoms with Gasteiger partial charge in [0, 0.05) is 51.4 Å². The summed E-state index contributed by atoms with van der Waals surface area (Å²) in [5.41, 5.74) is 1.10. The number of nitrogens with zero attached hydrogens (tertiary/aromatic N) is 3. The van der Waals surface area contributed by atoms with Crippen LogP contribution in [0.5, 0.6) is 11.5 Å². The second-order valence-electron chi connectivity index (χ2n) is 6.93. The van der Waals surface area contributed by atoms with Crippen molar-refractivity contribution in [2.75, 3.05) is 67.2 Å². The fraction of sp³-hybridized carbons (Fsp3) is 0.667. The number of ether oxygens (including phenoxy) is 3. The van der Waals surface area contributed by atoms with Gasteiger partial charge in [-0.15, -0.1) is 24.0 Å². The van der Waals surface area contributed by atoms with Gasteiger partial charge in [-0.3, -0.25) is 9.89 Å². The normalized spacial score (nSPS) is 14.8. The zero-order chi connectivity index (χ0) is 20.2. The molecule has 1 saturated heterocycles. The van der Waals surface area contributed by atoms with Gasteiger partial charge < -0.3 is 24.4 Å². The number of benzene rings is 1. The van der Waals surface area contributed by atoms with Crippen molar-refractivity contribution in [3.05, 3.63) is 23.8 Å². The van der Waals surface area contributed by atoms with E-state index in [1.54, 1.807) is 14.2 Å². The lowest BCUT2D eigenvalue weighted by Crippen LogP contribution is -2.38. The van der Waals surface area contributed by atoms with Crippen LogP contribution in [0.4, 0.5) is 0 Å². The first kappa shape index (κ1) is 25.8. The number of hydrogen-bond donors (Lipinski definition) is 1. The highest BCUT2D eigenvalue weighted by Crippen LogP contribution is 2.25. The maximum atomic E-state index is 5.52. The smallest absolute Gasteiger partial charge is 0.193 e. The van der Waals surface area contributed by atoms with Crippen LogP contribution in [0, 0.1) is 0 Å². The fourth-order valence-corrected chi connectivity index (χ4v) is 3.24. The summed E-state index contributed by atoms with van der Waals surface area (Å²) in [5.74, 6) is 2.54. The fourth-order valence-electron chi connectivity index (χ4n) is 3.24. The summed E-state index contributed by atoms with van der Waals surface area (Å²) in [4.78, 5) is 9.41. The highest BCUT2D eigenvalue weighted by atomic mass is 127. The number of hydrogen-bond acceptors (Lipinski definition) is 5. The zero-order valence-corrected chi connectivity index (χ0v) is 20.6. The largest absolute Gasteiger partial charge is 0.497 e. The van der Waals surface area contributed by atoms with E-state index in [1.807, 2.05) is 18.2 Å². The van der Waals surface area contributed by atoms with Crippen LogP contribution in [0.2, 0.25) is 0 Å². The van der Waals surface area contributed by atoms with Gasteiger partial charge in [-0.2, -0.15) is 0 Å². The summed E-state index contributed by atoms with van der Waals surface area (Å²) in [6, 6.07) is 5.92. The molecule has 0 unspecified atom stereocenters. The third kappa shape index (κ3) is 8.96. The third-order valence-corrected chi connectivity index (χ3v) is 4.85. The van der Waals surface area contributed by atoms with E-state index in [4.69, 9.17) is 19.2 Å². The van der Waals surface area contributed by atoms with Gasteiger partial charge in [0.25, 0.3) is 0 Å². The Labute approximate surface area is 192 Å². The minimum atomic E-state index is 0. The molecule has 1 aliphatic rings. The van der Waals surface area contributed by atoms with E-state index in [-0.39, 0.29) is 24.0 Å². The quantitative estimate of drug-likeness (QED) is 0.222. The number of aliphatic imine (C=N–C) groups is 1. The topological polar surface area (TPSA) is 58.6 Å². The Morgan fingerprint density at radius 3 is 2.62 bits per heavy atom. The highest BCUT2D eigenvalue weighted by Gasteiger charge is 2.12. The Morgan fingerprint density at radius 2 is 1.97 bits per heavy atom. The SMILES string of the molecule is CCNC(=NCCCCN1CCOCC1)N(C)Cc1ccc(OC)cc1OC.I. The van der Waals surface area contributed by atoms with Crippen LogP contribution in [-0.2, 0) is 11.3 Å².